The van der Waals surface area contributed by atoms with Crippen molar-refractivity contribution >= 4 is 17.1 Å². The third-order valence-electron chi connectivity index (χ3n) is 3.57. The molecule has 1 aliphatic heterocycles. The Morgan fingerprint density at radius 2 is 1.90 bits per heavy atom. The third kappa shape index (κ3) is 4.05. The molecule has 0 aliphatic carbocycles. The maximum Gasteiger partial charge on any atom is 0.316 e. The number of rotatable bonds is 6. The second kappa shape index (κ2) is 7.24. The van der Waals surface area contributed by atoms with Crippen molar-refractivity contribution in [3.63, 3.8) is 0 Å². The minimum absolute atomic E-state index is 0.116. The van der Waals surface area contributed by atoms with Gasteiger partial charge in [-0.3, -0.25) is 10.1 Å². The van der Waals surface area contributed by atoms with Crippen LogP contribution in [0.25, 0.3) is 0 Å². The first-order valence-corrected chi connectivity index (χ1v) is 7.33. The van der Waals surface area contributed by atoms with Gasteiger partial charge in [-0.25, -0.2) is 5.01 Å². The molecule has 0 bridgehead atoms. The molecule has 1 aromatic rings. The van der Waals surface area contributed by atoms with Gasteiger partial charge in [0, 0.05) is 32.7 Å². The number of hydrogen-bond acceptors (Lipinski definition) is 6. The van der Waals surface area contributed by atoms with E-state index >= 15 is 0 Å². The predicted octanol–water partition coefficient (Wildman–Crippen LogP) is 1.99. The fourth-order valence-electron chi connectivity index (χ4n) is 2.32. The molecular formula is C14H23N5O2. The molecule has 0 amide bonds. The Morgan fingerprint density at radius 3 is 2.52 bits per heavy atom. The molecule has 2 rings (SSSR count). The molecule has 1 aromatic carbocycles. The number of benzene rings is 1. The maximum absolute atomic E-state index is 11.4. The van der Waals surface area contributed by atoms with E-state index in [0.717, 1.165) is 39.1 Å². The number of para-hydroxylation sites is 1. The summed E-state index contributed by atoms with van der Waals surface area (Å²) < 4.78 is 0. The summed E-state index contributed by atoms with van der Waals surface area (Å²) in [5.41, 5.74) is 4.43. The van der Waals surface area contributed by atoms with Gasteiger partial charge in [-0.15, -0.1) is 0 Å². The second-order valence-electron chi connectivity index (χ2n) is 5.29. The summed E-state index contributed by atoms with van der Waals surface area (Å²) >= 11 is 0. The Kier molecular flexibility index (Phi) is 5.35. The lowest BCUT2D eigenvalue weighted by molar-refractivity contribution is -0.383. The Bertz CT molecular complexity index is 486. The van der Waals surface area contributed by atoms with Gasteiger partial charge in [-0.05, 0) is 25.6 Å². The van der Waals surface area contributed by atoms with Gasteiger partial charge in [-0.1, -0.05) is 13.0 Å². The molecule has 116 valence electrons. The number of nitro groups is 1. The summed E-state index contributed by atoms with van der Waals surface area (Å²) in [6.45, 7) is 6.35. The molecule has 0 saturated carbocycles. The highest BCUT2D eigenvalue weighted by Crippen LogP contribution is 2.33. The minimum atomic E-state index is -0.323. The van der Waals surface area contributed by atoms with Crippen molar-refractivity contribution in [2.45, 2.75) is 13.3 Å². The first-order valence-electron chi connectivity index (χ1n) is 7.33. The van der Waals surface area contributed by atoms with Gasteiger partial charge in [0.15, 0.2) is 0 Å². The average Bonchev–Trinajstić information content (AvgIpc) is 2.47. The van der Waals surface area contributed by atoms with Crippen molar-refractivity contribution in [2.75, 3.05) is 50.5 Å². The molecule has 21 heavy (non-hydrogen) atoms. The molecular weight excluding hydrogens is 270 g/mol. The summed E-state index contributed by atoms with van der Waals surface area (Å²) in [5.74, 6) is 0. The van der Waals surface area contributed by atoms with Crippen molar-refractivity contribution in [2.24, 2.45) is 0 Å². The lowest BCUT2D eigenvalue weighted by Gasteiger charge is -2.33. The summed E-state index contributed by atoms with van der Waals surface area (Å²) in [4.78, 5) is 13.3. The zero-order valence-electron chi connectivity index (χ0n) is 12.6. The zero-order chi connectivity index (χ0) is 15.2. The van der Waals surface area contributed by atoms with Gasteiger partial charge in [0.2, 0.25) is 0 Å². The van der Waals surface area contributed by atoms with Gasteiger partial charge >= 0.3 is 5.69 Å². The molecule has 0 radical (unpaired) electrons. The van der Waals surface area contributed by atoms with Crippen LogP contribution in [0.1, 0.15) is 13.3 Å². The van der Waals surface area contributed by atoms with Crippen LogP contribution in [0.15, 0.2) is 18.2 Å². The van der Waals surface area contributed by atoms with E-state index < -0.39 is 0 Å². The number of hydrogen-bond donors (Lipinski definition) is 2. The van der Waals surface area contributed by atoms with Gasteiger partial charge in [0.05, 0.1) is 4.92 Å². The van der Waals surface area contributed by atoms with Crippen molar-refractivity contribution < 1.29 is 4.92 Å². The largest absolute Gasteiger partial charge is 0.379 e. The first-order chi connectivity index (χ1) is 10.1. The zero-order valence-corrected chi connectivity index (χ0v) is 12.6. The van der Waals surface area contributed by atoms with Crippen LogP contribution < -0.4 is 10.7 Å². The Hall–Kier alpha value is -1.86. The summed E-state index contributed by atoms with van der Waals surface area (Å²) in [6.07, 6.45) is 0.924. The Labute approximate surface area is 125 Å². The number of hydrazine groups is 1. The normalized spacial score (nSPS) is 16.7. The molecule has 0 atom stereocenters. The van der Waals surface area contributed by atoms with Crippen LogP contribution in [0.3, 0.4) is 0 Å². The molecule has 0 unspecified atom stereocenters. The lowest BCUT2D eigenvalue weighted by Crippen LogP contribution is -2.47. The van der Waals surface area contributed by atoms with Crippen LogP contribution in [-0.4, -0.2) is 54.6 Å². The smallest absolute Gasteiger partial charge is 0.316 e. The molecule has 1 aliphatic rings. The molecule has 7 heteroatoms. The van der Waals surface area contributed by atoms with E-state index in [1.165, 1.54) is 0 Å². The average molecular weight is 293 g/mol. The summed E-state index contributed by atoms with van der Waals surface area (Å²) in [7, 11) is 2.08. The highest BCUT2D eigenvalue weighted by Gasteiger charge is 2.22. The minimum Gasteiger partial charge on any atom is -0.379 e. The lowest BCUT2D eigenvalue weighted by atomic mass is 10.2. The van der Waals surface area contributed by atoms with Crippen LogP contribution in [0.2, 0.25) is 0 Å². The van der Waals surface area contributed by atoms with E-state index in [2.05, 4.69) is 22.7 Å². The number of nitro benzene ring substituents is 1. The number of nitrogens with one attached hydrogen (secondary N) is 2. The Morgan fingerprint density at radius 1 is 1.24 bits per heavy atom. The molecule has 1 saturated heterocycles. The highest BCUT2D eigenvalue weighted by atomic mass is 16.6. The van der Waals surface area contributed by atoms with Crippen molar-refractivity contribution in [1.82, 2.24) is 9.91 Å². The van der Waals surface area contributed by atoms with E-state index in [1.54, 1.807) is 12.1 Å². The van der Waals surface area contributed by atoms with Crippen LogP contribution in [-0.2, 0) is 0 Å². The van der Waals surface area contributed by atoms with Gasteiger partial charge in [0.1, 0.15) is 11.4 Å². The molecule has 2 N–H and O–H groups in total. The van der Waals surface area contributed by atoms with Crippen LogP contribution >= 0.6 is 0 Å². The monoisotopic (exact) mass is 293 g/mol. The predicted molar refractivity (Wildman–Crippen MR) is 84.6 cm³/mol. The first kappa shape index (κ1) is 15.5. The second-order valence-corrected chi connectivity index (χ2v) is 5.29. The van der Waals surface area contributed by atoms with E-state index in [9.17, 15) is 10.1 Å². The van der Waals surface area contributed by atoms with Crippen molar-refractivity contribution in [3.8, 4) is 0 Å². The molecule has 0 aromatic heterocycles. The van der Waals surface area contributed by atoms with E-state index in [-0.39, 0.29) is 10.6 Å². The van der Waals surface area contributed by atoms with E-state index in [1.807, 2.05) is 18.0 Å². The molecule has 7 nitrogen and oxygen atoms in total. The number of nitrogens with zero attached hydrogens (tertiary/aromatic N) is 3. The molecule has 1 heterocycles. The van der Waals surface area contributed by atoms with Crippen LogP contribution in [0.5, 0.6) is 0 Å². The highest BCUT2D eigenvalue weighted by molar-refractivity contribution is 5.75. The summed E-state index contributed by atoms with van der Waals surface area (Å²) in [6, 6.07) is 5.35. The van der Waals surface area contributed by atoms with Crippen molar-refractivity contribution in [3.05, 3.63) is 28.3 Å². The topological polar surface area (TPSA) is 73.7 Å². The standard InChI is InChI=1S/C14H23N5O2/c1-3-7-15-12-5-4-6-13(14(12)19(20)21)16-18-10-8-17(2)9-11-18/h4-6,15-16H,3,7-11H2,1-2H3. The number of anilines is 2. The SMILES string of the molecule is CCCNc1cccc(NN2CCN(C)CC2)c1[N+](=O)[O-]. The third-order valence-corrected chi connectivity index (χ3v) is 3.57. The summed E-state index contributed by atoms with van der Waals surface area (Å²) in [5, 5.41) is 16.6. The quantitative estimate of drug-likeness (QED) is 0.617. The number of likely N-dealkylation sites (N-methyl/N-ethyl adjacent to an activating group) is 1. The maximum atomic E-state index is 11.4. The van der Waals surface area contributed by atoms with Crippen LogP contribution in [0.4, 0.5) is 17.1 Å². The van der Waals surface area contributed by atoms with E-state index in [0.29, 0.717) is 11.4 Å². The van der Waals surface area contributed by atoms with Crippen molar-refractivity contribution in [1.29, 1.82) is 0 Å². The Balaban J connectivity index is 2.16. The van der Waals surface area contributed by atoms with Gasteiger partial charge in [0.25, 0.3) is 0 Å². The number of piperazine rings is 1. The fourth-order valence-corrected chi connectivity index (χ4v) is 2.32. The van der Waals surface area contributed by atoms with E-state index in [4.69, 9.17) is 0 Å². The van der Waals surface area contributed by atoms with Gasteiger partial charge < -0.3 is 15.6 Å². The molecule has 0 spiro atoms. The van der Waals surface area contributed by atoms with Crippen LogP contribution in [0, 0.1) is 10.1 Å². The fraction of sp³-hybridized carbons (Fsp3) is 0.571. The van der Waals surface area contributed by atoms with Gasteiger partial charge in [-0.2, -0.15) is 0 Å². The molecule has 1 fully saturated rings.